The van der Waals surface area contributed by atoms with Gasteiger partial charge >= 0.3 is 0 Å². The number of nitrogens with one attached hydrogen (secondary N) is 1. The molecule has 3 nitrogen and oxygen atoms in total. The lowest BCUT2D eigenvalue weighted by Crippen LogP contribution is -2.24. The molecule has 1 aromatic heterocycles. The van der Waals surface area contributed by atoms with E-state index >= 15 is 0 Å². The van der Waals surface area contributed by atoms with Crippen molar-refractivity contribution in [1.29, 1.82) is 0 Å². The topological polar surface area (TPSA) is 42.2 Å². The summed E-state index contributed by atoms with van der Waals surface area (Å²) < 4.78 is 5.17. The Morgan fingerprint density at radius 3 is 2.79 bits per heavy atom. The molecule has 1 atom stereocenters. The molecule has 0 aliphatic heterocycles. The highest BCUT2D eigenvalue weighted by Crippen LogP contribution is 2.11. The van der Waals surface area contributed by atoms with Gasteiger partial charge in [0, 0.05) is 6.08 Å². The molecule has 1 aromatic rings. The molecule has 3 heteroatoms. The molecule has 0 bridgehead atoms. The van der Waals surface area contributed by atoms with Crippen LogP contribution in [0.25, 0.3) is 0 Å². The van der Waals surface area contributed by atoms with Crippen LogP contribution < -0.4 is 5.32 Å². The molecule has 76 valence electrons. The van der Waals surface area contributed by atoms with Crippen molar-refractivity contribution < 1.29 is 9.21 Å². The van der Waals surface area contributed by atoms with E-state index in [0.29, 0.717) is 0 Å². The van der Waals surface area contributed by atoms with Crippen molar-refractivity contribution in [2.45, 2.75) is 26.8 Å². The van der Waals surface area contributed by atoms with E-state index in [2.05, 4.69) is 5.32 Å². The van der Waals surface area contributed by atoms with Crippen LogP contribution in [0.4, 0.5) is 0 Å². The average molecular weight is 193 g/mol. The molecule has 0 saturated carbocycles. The summed E-state index contributed by atoms with van der Waals surface area (Å²) in [6, 6.07) is 3.56. The minimum atomic E-state index is -0.0897. The minimum absolute atomic E-state index is 0.0890. The summed E-state index contributed by atoms with van der Waals surface area (Å²) in [6.45, 7) is 5.66. The fourth-order valence-corrected chi connectivity index (χ4v) is 1.13. The summed E-state index contributed by atoms with van der Waals surface area (Å²) in [5.41, 5.74) is 0.981. The maximum absolute atomic E-state index is 11.3. The molecule has 0 aliphatic carbocycles. The smallest absolute Gasteiger partial charge is 0.244 e. The first-order chi connectivity index (χ1) is 6.59. The van der Waals surface area contributed by atoms with E-state index in [1.165, 1.54) is 0 Å². The van der Waals surface area contributed by atoms with Crippen LogP contribution in [0, 0.1) is 0 Å². The van der Waals surface area contributed by atoms with Crippen molar-refractivity contribution >= 4 is 5.91 Å². The molecular formula is C11H15NO2. The summed E-state index contributed by atoms with van der Waals surface area (Å²) >= 11 is 0. The first kappa shape index (κ1) is 10.6. The van der Waals surface area contributed by atoms with Crippen LogP contribution in [-0.2, 0) is 4.79 Å². The summed E-state index contributed by atoms with van der Waals surface area (Å²) in [5.74, 6) is 0.675. The molecule has 1 N–H and O–H groups in total. The van der Waals surface area contributed by atoms with Gasteiger partial charge in [-0.25, -0.2) is 0 Å². The van der Waals surface area contributed by atoms with Crippen LogP contribution in [0.5, 0.6) is 0 Å². The van der Waals surface area contributed by atoms with Crippen LogP contribution in [-0.4, -0.2) is 5.91 Å². The lowest BCUT2D eigenvalue weighted by Gasteiger charge is -2.09. The maximum atomic E-state index is 11.3. The van der Waals surface area contributed by atoms with Crippen LogP contribution in [0.3, 0.4) is 0 Å². The van der Waals surface area contributed by atoms with Crippen molar-refractivity contribution in [2.24, 2.45) is 0 Å². The molecule has 14 heavy (non-hydrogen) atoms. The number of rotatable bonds is 3. The first-order valence-electron chi connectivity index (χ1n) is 4.58. The van der Waals surface area contributed by atoms with E-state index in [1.807, 2.05) is 26.8 Å². The van der Waals surface area contributed by atoms with Gasteiger partial charge in [-0.05, 0) is 32.9 Å². The Kier molecular flexibility index (Phi) is 3.51. The van der Waals surface area contributed by atoms with Gasteiger partial charge in [0.2, 0.25) is 5.91 Å². The Hall–Kier alpha value is -1.51. The van der Waals surface area contributed by atoms with Crippen molar-refractivity contribution in [3.63, 3.8) is 0 Å². The van der Waals surface area contributed by atoms with E-state index in [9.17, 15) is 4.79 Å². The van der Waals surface area contributed by atoms with Gasteiger partial charge in [0.1, 0.15) is 5.76 Å². The van der Waals surface area contributed by atoms with Gasteiger partial charge in [-0.3, -0.25) is 4.79 Å². The van der Waals surface area contributed by atoms with Gasteiger partial charge in [0.05, 0.1) is 12.3 Å². The van der Waals surface area contributed by atoms with E-state index in [-0.39, 0.29) is 11.9 Å². The Balaban J connectivity index is 2.54. The predicted molar refractivity (Wildman–Crippen MR) is 54.7 cm³/mol. The van der Waals surface area contributed by atoms with Crippen LogP contribution in [0.1, 0.15) is 32.6 Å². The quantitative estimate of drug-likeness (QED) is 0.749. The fraction of sp³-hybridized carbons (Fsp3) is 0.364. The van der Waals surface area contributed by atoms with Crippen molar-refractivity contribution in [1.82, 2.24) is 5.32 Å². The first-order valence-corrected chi connectivity index (χ1v) is 4.58. The van der Waals surface area contributed by atoms with Crippen molar-refractivity contribution in [3.05, 3.63) is 35.8 Å². The fourth-order valence-electron chi connectivity index (χ4n) is 1.13. The van der Waals surface area contributed by atoms with Gasteiger partial charge < -0.3 is 9.73 Å². The molecule has 0 spiro atoms. The Bertz CT molecular complexity index is 321. The summed E-state index contributed by atoms with van der Waals surface area (Å²) in [7, 11) is 0. The van der Waals surface area contributed by atoms with Gasteiger partial charge in [-0.1, -0.05) is 5.57 Å². The molecule has 1 unspecified atom stereocenters. The number of hydrogen-bond donors (Lipinski definition) is 1. The standard InChI is InChI=1S/C11H15NO2/c1-8(2)7-11(13)12-9(3)10-5-4-6-14-10/h4-7,9H,1-3H3,(H,12,13). The highest BCUT2D eigenvalue weighted by molar-refractivity contribution is 5.88. The molecule has 1 rings (SSSR count). The highest BCUT2D eigenvalue weighted by Gasteiger charge is 2.09. The number of carbonyl (C=O) groups is 1. The van der Waals surface area contributed by atoms with Gasteiger partial charge in [0.25, 0.3) is 0 Å². The zero-order valence-corrected chi connectivity index (χ0v) is 8.70. The van der Waals surface area contributed by atoms with Crippen LogP contribution in [0.2, 0.25) is 0 Å². The third-order valence-electron chi connectivity index (χ3n) is 1.75. The zero-order valence-electron chi connectivity index (χ0n) is 8.70. The summed E-state index contributed by atoms with van der Waals surface area (Å²) in [5, 5.41) is 2.80. The van der Waals surface area contributed by atoms with Gasteiger partial charge in [-0.15, -0.1) is 0 Å². The van der Waals surface area contributed by atoms with Crippen molar-refractivity contribution in [3.8, 4) is 0 Å². The number of amides is 1. The molecule has 0 radical (unpaired) electrons. The SMILES string of the molecule is CC(C)=CC(=O)NC(C)c1ccco1. The summed E-state index contributed by atoms with van der Waals surface area (Å²) in [6.07, 6.45) is 3.17. The number of allylic oxidation sites excluding steroid dienone is 1. The van der Waals surface area contributed by atoms with Crippen LogP contribution in [0.15, 0.2) is 34.5 Å². The number of carbonyl (C=O) groups excluding carboxylic acids is 1. The Labute approximate surface area is 83.8 Å². The number of hydrogen-bond acceptors (Lipinski definition) is 2. The number of furan rings is 1. The lowest BCUT2D eigenvalue weighted by atomic mass is 10.2. The minimum Gasteiger partial charge on any atom is -0.467 e. The van der Waals surface area contributed by atoms with Gasteiger partial charge in [-0.2, -0.15) is 0 Å². The largest absolute Gasteiger partial charge is 0.467 e. The molecule has 1 heterocycles. The zero-order chi connectivity index (χ0) is 10.6. The third kappa shape index (κ3) is 3.09. The van der Waals surface area contributed by atoms with E-state index < -0.39 is 0 Å². The second-order valence-corrected chi connectivity index (χ2v) is 3.47. The molecule has 0 aromatic carbocycles. The normalized spacial score (nSPS) is 11.9. The third-order valence-corrected chi connectivity index (χ3v) is 1.75. The average Bonchev–Trinajstić information content (AvgIpc) is 2.53. The van der Waals surface area contributed by atoms with E-state index in [0.717, 1.165) is 11.3 Å². The Morgan fingerprint density at radius 2 is 2.29 bits per heavy atom. The lowest BCUT2D eigenvalue weighted by molar-refractivity contribution is -0.117. The summed E-state index contributed by atoms with van der Waals surface area (Å²) in [4.78, 5) is 11.3. The molecule has 0 saturated heterocycles. The predicted octanol–water partition coefficient (Wildman–Crippen LogP) is 2.42. The Morgan fingerprint density at radius 1 is 1.57 bits per heavy atom. The monoisotopic (exact) mass is 193 g/mol. The molecule has 0 aliphatic rings. The van der Waals surface area contributed by atoms with Crippen molar-refractivity contribution in [2.75, 3.05) is 0 Å². The van der Waals surface area contributed by atoms with E-state index in [1.54, 1.807) is 18.4 Å². The van der Waals surface area contributed by atoms with E-state index in [4.69, 9.17) is 4.42 Å². The van der Waals surface area contributed by atoms with Crippen LogP contribution >= 0.6 is 0 Å². The highest BCUT2D eigenvalue weighted by atomic mass is 16.3. The molecule has 0 fully saturated rings. The maximum Gasteiger partial charge on any atom is 0.244 e. The molecule has 1 amide bonds. The van der Waals surface area contributed by atoms with Gasteiger partial charge in [0.15, 0.2) is 0 Å². The second-order valence-electron chi connectivity index (χ2n) is 3.47. The molecular weight excluding hydrogens is 178 g/mol. The second kappa shape index (κ2) is 4.65.